The fourth-order valence-corrected chi connectivity index (χ4v) is 4.19. The molecule has 0 spiro atoms. The maximum Gasteiger partial charge on any atom is 0.308 e. The number of aliphatic carboxylic acids is 1. The first-order valence-corrected chi connectivity index (χ1v) is 7.84. The van der Waals surface area contributed by atoms with Gasteiger partial charge in [0.25, 0.3) is 0 Å². The maximum atomic E-state index is 12.2. The zero-order valence-electron chi connectivity index (χ0n) is 11.7. The van der Waals surface area contributed by atoms with Crippen molar-refractivity contribution in [3.05, 3.63) is 0 Å². The molecule has 2 N–H and O–H groups in total. The summed E-state index contributed by atoms with van der Waals surface area (Å²) in [7, 11) is 0. The van der Waals surface area contributed by atoms with Gasteiger partial charge in [-0.3, -0.25) is 14.4 Å². The molecular weight excluding hydrogens is 280 g/mol. The molecule has 2 saturated heterocycles. The molecule has 20 heavy (non-hydrogen) atoms. The first kappa shape index (κ1) is 15.2. The second kappa shape index (κ2) is 5.63. The molecule has 2 aliphatic heterocycles. The molecule has 3 unspecified atom stereocenters. The van der Waals surface area contributed by atoms with Crippen LogP contribution in [0.2, 0.25) is 0 Å². The Balaban J connectivity index is 1.97. The minimum atomic E-state index is -0.907. The van der Waals surface area contributed by atoms with E-state index in [4.69, 9.17) is 5.11 Å². The largest absolute Gasteiger partial charge is 0.481 e. The monoisotopic (exact) mass is 300 g/mol. The average Bonchev–Trinajstić information content (AvgIpc) is 2.87. The van der Waals surface area contributed by atoms with E-state index < -0.39 is 17.9 Å². The van der Waals surface area contributed by atoms with Crippen LogP contribution in [-0.2, 0) is 14.4 Å². The van der Waals surface area contributed by atoms with Crippen molar-refractivity contribution >= 4 is 29.5 Å². The van der Waals surface area contributed by atoms with Crippen LogP contribution in [0.3, 0.4) is 0 Å². The van der Waals surface area contributed by atoms with Gasteiger partial charge in [0, 0.05) is 18.7 Å². The van der Waals surface area contributed by atoms with Crippen molar-refractivity contribution in [1.82, 2.24) is 10.2 Å². The van der Waals surface area contributed by atoms with Crippen LogP contribution in [0, 0.1) is 5.92 Å². The quantitative estimate of drug-likeness (QED) is 0.779. The summed E-state index contributed by atoms with van der Waals surface area (Å²) in [4.78, 5) is 36.5. The molecule has 7 heteroatoms. The second-order valence-corrected chi connectivity index (χ2v) is 6.96. The van der Waals surface area contributed by atoms with Gasteiger partial charge >= 0.3 is 5.97 Å². The lowest BCUT2D eigenvalue weighted by Gasteiger charge is -2.30. The molecule has 0 aromatic carbocycles. The summed E-state index contributed by atoms with van der Waals surface area (Å²) in [5.74, 6) is -1.12. The van der Waals surface area contributed by atoms with Crippen molar-refractivity contribution in [2.75, 3.05) is 12.3 Å². The molecule has 2 rings (SSSR count). The standard InChI is InChI=1S/C13H20N2O4S/c1-3-8(12(18)19)6-14-11(17)9-7-20-13(2)5-4-10(16)15(9)13/h8-9H,3-7H2,1-2H3,(H,14,17)(H,18,19). The molecule has 112 valence electrons. The molecule has 0 bridgehead atoms. The molecule has 0 aromatic rings. The van der Waals surface area contributed by atoms with Crippen LogP contribution >= 0.6 is 11.8 Å². The number of carbonyl (C=O) groups is 3. The van der Waals surface area contributed by atoms with Gasteiger partial charge in [0.1, 0.15) is 6.04 Å². The van der Waals surface area contributed by atoms with E-state index in [0.717, 1.165) is 6.42 Å². The second-order valence-electron chi connectivity index (χ2n) is 5.45. The Morgan fingerprint density at radius 3 is 2.90 bits per heavy atom. The highest BCUT2D eigenvalue weighted by Gasteiger charge is 2.52. The van der Waals surface area contributed by atoms with Crippen LogP contribution < -0.4 is 5.32 Å². The Labute approximate surface area is 122 Å². The SMILES string of the molecule is CCC(CNC(=O)C1CSC2(C)CCC(=O)N12)C(=O)O. The van der Waals surface area contributed by atoms with Crippen LogP contribution in [0.5, 0.6) is 0 Å². The number of hydrogen-bond donors (Lipinski definition) is 2. The number of amides is 2. The number of carboxylic acids is 1. The molecular formula is C13H20N2O4S. The highest BCUT2D eigenvalue weighted by atomic mass is 32.2. The fraction of sp³-hybridized carbons (Fsp3) is 0.769. The van der Waals surface area contributed by atoms with Crippen molar-refractivity contribution in [2.24, 2.45) is 5.92 Å². The third kappa shape index (κ3) is 2.63. The average molecular weight is 300 g/mol. The topological polar surface area (TPSA) is 86.7 Å². The highest BCUT2D eigenvalue weighted by molar-refractivity contribution is 8.01. The number of nitrogens with zero attached hydrogens (tertiary/aromatic N) is 1. The van der Waals surface area contributed by atoms with E-state index in [1.807, 2.05) is 6.92 Å². The number of thioether (sulfide) groups is 1. The van der Waals surface area contributed by atoms with Gasteiger partial charge < -0.3 is 15.3 Å². The van der Waals surface area contributed by atoms with Gasteiger partial charge in [0.05, 0.1) is 10.8 Å². The molecule has 2 fully saturated rings. The number of carbonyl (C=O) groups excluding carboxylic acids is 2. The smallest absolute Gasteiger partial charge is 0.308 e. The molecule has 2 heterocycles. The van der Waals surface area contributed by atoms with E-state index in [0.29, 0.717) is 18.6 Å². The summed E-state index contributed by atoms with van der Waals surface area (Å²) in [6, 6.07) is -0.466. The Hall–Kier alpha value is -1.24. The summed E-state index contributed by atoms with van der Waals surface area (Å²) in [6.45, 7) is 3.88. The molecule has 3 atom stereocenters. The van der Waals surface area contributed by atoms with Crippen LogP contribution in [-0.4, -0.2) is 51.0 Å². The van der Waals surface area contributed by atoms with Crippen molar-refractivity contribution in [3.63, 3.8) is 0 Å². The first-order valence-electron chi connectivity index (χ1n) is 6.85. The Bertz CT molecular complexity index is 442. The van der Waals surface area contributed by atoms with Crippen LogP contribution in [0.1, 0.15) is 33.1 Å². The summed E-state index contributed by atoms with van der Waals surface area (Å²) in [6.07, 6.45) is 1.72. The number of rotatable bonds is 5. The summed E-state index contributed by atoms with van der Waals surface area (Å²) in [5.41, 5.74) is 0. The minimum absolute atomic E-state index is 0.0166. The summed E-state index contributed by atoms with van der Waals surface area (Å²) >= 11 is 1.63. The summed E-state index contributed by atoms with van der Waals surface area (Å²) in [5, 5.41) is 11.6. The van der Waals surface area contributed by atoms with Crippen LogP contribution in [0.4, 0.5) is 0 Å². The van der Waals surface area contributed by atoms with Gasteiger partial charge in [-0.05, 0) is 19.8 Å². The Morgan fingerprint density at radius 2 is 2.30 bits per heavy atom. The third-order valence-corrected chi connectivity index (χ3v) is 5.62. The van der Waals surface area contributed by atoms with Gasteiger partial charge in [-0.2, -0.15) is 0 Å². The van der Waals surface area contributed by atoms with E-state index >= 15 is 0 Å². The van der Waals surface area contributed by atoms with Crippen molar-refractivity contribution in [2.45, 2.75) is 44.0 Å². The first-order chi connectivity index (χ1) is 9.39. The predicted molar refractivity (Wildman–Crippen MR) is 75.2 cm³/mol. The lowest BCUT2D eigenvalue weighted by atomic mass is 10.1. The highest BCUT2D eigenvalue weighted by Crippen LogP contribution is 2.47. The van der Waals surface area contributed by atoms with Gasteiger partial charge in [-0.15, -0.1) is 11.8 Å². The van der Waals surface area contributed by atoms with Gasteiger partial charge in [0.2, 0.25) is 11.8 Å². The molecule has 0 aliphatic carbocycles. The van der Waals surface area contributed by atoms with Gasteiger partial charge in [0.15, 0.2) is 0 Å². The summed E-state index contributed by atoms with van der Waals surface area (Å²) < 4.78 is 0. The normalized spacial score (nSPS) is 30.2. The fourth-order valence-electron chi connectivity index (χ4n) is 2.76. The van der Waals surface area contributed by atoms with Crippen molar-refractivity contribution < 1.29 is 19.5 Å². The lowest BCUT2D eigenvalue weighted by molar-refractivity contribution is -0.142. The van der Waals surface area contributed by atoms with Gasteiger partial charge in [-0.1, -0.05) is 6.92 Å². The molecule has 0 aromatic heterocycles. The predicted octanol–water partition coefficient (Wildman–Crippen LogP) is 0.667. The third-order valence-electron chi connectivity index (χ3n) is 4.11. The molecule has 2 amide bonds. The van der Waals surface area contributed by atoms with E-state index in [-0.39, 0.29) is 23.2 Å². The lowest BCUT2D eigenvalue weighted by Crippen LogP contribution is -2.51. The number of carboxylic acid groups (broad SMARTS) is 1. The number of nitrogens with one attached hydrogen (secondary N) is 1. The van der Waals surface area contributed by atoms with E-state index in [9.17, 15) is 14.4 Å². The van der Waals surface area contributed by atoms with E-state index in [1.165, 1.54) is 0 Å². The number of fused-ring (bicyclic) bond motifs is 1. The Morgan fingerprint density at radius 1 is 1.60 bits per heavy atom. The Kier molecular flexibility index (Phi) is 4.27. The molecule has 0 radical (unpaired) electrons. The molecule has 2 aliphatic rings. The number of hydrogen-bond acceptors (Lipinski definition) is 4. The van der Waals surface area contributed by atoms with E-state index in [2.05, 4.69) is 5.32 Å². The van der Waals surface area contributed by atoms with Gasteiger partial charge in [-0.25, -0.2) is 0 Å². The van der Waals surface area contributed by atoms with Crippen molar-refractivity contribution in [3.8, 4) is 0 Å². The van der Waals surface area contributed by atoms with Crippen LogP contribution in [0.25, 0.3) is 0 Å². The van der Waals surface area contributed by atoms with Crippen LogP contribution in [0.15, 0.2) is 0 Å². The zero-order chi connectivity index (χ0) is 14.9. The minimum Gasteiger partial charge on any atom is -0.481 e. The van der Waals surface area contributed by atoms with Crippen molar-refractivity contribution in [1.29, 1.82) is 0 Å². The zero-order valence-corrected chi connectivity index (χ0v) is 12.5. The molecule has 0 saturated carbocycles. The maximum absolute atomic E-state index is 12.2. The molecule has 6 nitrogen and oxygen atoms in total. The van der Waals surface area contributed by atoms with E-state index in [1.54, 1.807) is 23.6 Å².